The van der Waals surface area contributed by atoms with E-state index in [1.165, 1.54) is 24.3 Å². The average molecular weight is 382 g/mol. The van der Waals surface area contributed by atoms with Crippen LogP contribution in [0.2, 0.25) is 5.02 Å². The largest absolute Gasteiger partial charge is 0.490 e. The van der Waals surface area contributed by atoms with Gasteiger partial charge in [0.1, 0.15) is 0 Å². The van der Waals surface area contributed by atoms with Crippen molar-refractivity contribution in [2.24, 2.45) is 0 Å². The van der Waals surface area contributed by atoms with Gasteiger partial charge in [0.15, 0.2) is 21.3 Å². The lowest BCUT2D eigenvalue weighted by atomic mass is 10.2. The summed E-state index contributed by atoms with van der Waals surface area (Å²) in [6.45, 7) is 1.05. The molecular weight excluding hydrogens is 366 g/mol. The highest BCUT2D eigenvalue weighted by atomic mass is 35.5. The molecule has 0 bridgehead atoms. The first-order valence-corrected chi connectivity index (χ1v) is 9.82. The molecule has 1 N–H and O–H groups in total. The zero-order valence-electron chi connectivity index (χ0n) is 13.4. The van der Waals surface area contributed by atoms with Crippen molar-refractivity contribution in [3.8, 4) is 11.5 Å². The van der Waals surface area contributed by atoms with Gasteiger partial charge in [-0.3, -0.25) is 4.79 Å². The third kappa shape index (κ3) is 4.05. The number of carbonyl (C=O) groups is 1. The van der Waals surface area contributed by atoms with Crippen LogP contribution >= 0.6 is 11.6 Å². The fourth-order valence-corrected chi connectivity index (χ4v) is 3.21. The second-order valence-corrected chi connectivity index (χ2v) is 8.01. The van der Waals surface area contributed by atoms with E-state index in [1.54, 1.807) is 12.1 Å². The highest BCUT2D eigenvalue weighted by molar-refractivity contribution is 7.90. The number of carbonyl (C=O) groups excluding carboxylic acids is 1. The van der Waals surface area contributed by atoms with Crippen LogP contribution in [0.5, 0.6) is 11.5 Å². The van der Waals surface area contributed by atoms with Crippen LogP contribution in [0, 0.1) is 0 Å². The number of fused-ring (bicyclic) bond motifs is 1. The number of anilines is 1. The van der Waals surface area contributed by atoms with Crippen molar-refractivity contribution in [2.75, 3.05) is 24.8 Å². The third-order valence-electron chi connectivity index (χ3n) is 3.61. The molecule has 0 aromatic heterocycles. The molecule has 2 aromatic rings. The molecular formula is C17H16ClNO5S. The number of amides is 1. The SMILES string of the molecule is CS(=O)(=O)c1cccc(C(=O)Nc2cc3c(cc2Cl)OCCCO3)c1. The Hall–Kier alpha value is -2.25. The minimum absolute atomic E-state index is 0.0740. The molecule has 1 aliphatic heterocycles. The van der Waals surface area contributed by atoms with Crippen molar-refractivity contribution in [3.05, 3.63) is 47.0 Å². The lowest BCUT2D eigenvalue weighted by Crippen LogP contribution is -2.13. The molecule has 2 aromatic carbocycles. The van der Waals surface area contributed by atoms with Gasteiger partial charge in [-0.15, -0.1) is 0 Å². The molecule has 0 spiro atoms. The first-order valence-electron chi connectivity index (χ1n) is 7.55. The maximum Gasteiger partial charge on any atom is 0.255 e. The highest BCUT2D eigenvalue weighted by Crippen LogP contribution is 2.37. The van der Waals surface area contributed by atoms with Gasteiger partial charge in [-0.05, 0) is 18.2 Å². The minimum Gasteiger partial charge on any atom is -0.490 e. The number of sulfone groups is 1. The van der Waals surface area contributed by atoms with Gasteiger partial charge in [-0.1, -0.05) is 17.7 Å². The topological polar surface area (TPSA) is 81.7 Å². The summed E-state index contributed by atoms with van der Waals surface area (Å²) in [7, 11) is -3.40. The van der Waals surface area contributed by atoms with E-state index < -0.39 is 15.7 Å². The summed E-state index contributed by atoms with van der Waals surface area (Å²) in [6.07, 6.45) is 1.84. The van der Waals surface area contributed by atoms with E-state index in [0.717, 1.165) is 12.7 Å². The number of nitrogens with one attached hydrogen (secondary N) is 1. The summed E-state index contributed by atoms with van der Waals surface area (Å²) in [5, 5.41) is 2.98. The summed E-state index contributed by atoms with van der Waals surface area (Å²) in [5.41, 5.74) is 0.576. The molecule has 8 heteroatoms. The van der Waals surface area contributed by atoms with Gasteiger partial charge in [-0.2, -0.15) is 0 Å². The second-order valence-electron chi connectivity index (χ2n) is 5.58. The Bertz CT molecular complexity index is 927. The molecule has 0 fully saturated rings. The molecule has 0 atom stereocenters. The van der Waals surface area contributed by atoms with Gasteiger partial charge in [-0.25, -0.2) is 8.42 Å². The standard InChI is InChI=1S/C17H16ClNO5S/c1-25(21,22)12-5-2-4-11(8-12)17(20)19-14-10-16-15(9-13(14)18)23-6-3-7-24-16/h2,4-5,8-10H,3,6-7H2,1H3,(H,19,20). The van der Waals surface area contributed by atoms with Crippen LogP contribution in [-0.2, 0) is 9.84 Å². The number of hydrogen-bond acceptors (Lipinski definition) is 5. The van der Waals surface area contributed by atoms with Crippen molar-refractivity contribution in [3.63, 3.8) is 0 Å². The molecule has 1 aliphatic rings. The third-order valence-corrected chi connectivity index (χ3v) is 5.03. The smallest absolute Gasteiger partial charge is 0.255 e. The van der Waals surface area contributed by atoms with Gasteiger partial charge in [0.25, 0.3) is 5.91 Å². The molecule has 6 nitrogen and oxygen atoms in total. The molecule has 0 saturated carbocycles. The number of ether oxygens (including phenoxy) is 2. The molecule has 3 rings (SSSR count). The van der Waals surface area contributed by atoms with Crippen molar-refractivity contribution in [1.29, 1.82) is 0 Å². The maximum absolute atomic E-state index is 12.4. The van der Waals surface area contributed by atoms with E-state index in [4.69, 9.17) is 21.1 Å². The van der Waals surface area contributed by atoms with Crippen LogP contribution in [0.4, 0.5) is 5.69 Å². The molecule has 25 heavy (non-hydrogen) atoms. The van der Waals surface area contributed by atoms with E-state index >= 15 is 0 Å². The van der Waals surface area contributed by atoms with Crippen molar-refractivity contribution < 1.29 is 22.7 Å². The molecule has 0 radical (unpaired) electrons. The normalized spacial score (nSPS) is 13.8. The Balaban J connectivity index is 1.87. The summed E-state index contributed by atoms with van der Waals surface area (Å²) in [5.74, 6) is 0.559. The van der Waals surface area contributed by atoms with Crippen molar-refractivity contribution in [2.45, 2.75) is 11.3 Å². The molecule has 0 unspecified atom stereocenters. The first-order chi connectivity index (χ1) is 11.8. The lowest BCUT2D eigenvalue weighted by Gasteiger charge is -2.12. The molecule has 0 saturated heterocycles. The van der Waals surface area contributed by atoms with Gasteiger partial charge in [0.05, 0.1) is 28.8 Å². The van der Waals surface area contributed by atoms with E-state index in [0.29, 0.717) is 35.4 Å². The molecule has 1 amide bonds. The zero-order valence-corrected chi connectivity index (χ0v) is 15.0. The van der Waals surface area contributed by atoms with Crippen molar-refractivity contribution in [1.82, 2.24) is 0 Å². The minimum atomic E-state index is -3.40. The van der Waals surface area contributed by atoms with Gasteiger partial charge in [0, 0.05) is 30.4 Å². The number of benzene rings is 2. The summed E-state index contributed by atoms with van der Waals surface area (Å²) in [4.78, 5) is 12.5. The molecule has 132 valence electrons. The Morgan fingerprint density at radius 1 is 1.12 bits per heavy atom. The van der Waals surface area contributed by atoms with Crippen LogP contribution in [0.25, 0.3) is 0 Å². The van der Waals surface area contributed by atoms with E-state index in [9.17, 15) is 13.2 Å². The Morgan fingerprint density at radius 2 is 1.80 bits per heavy atom. The number of rotatable bonds is 3. The fourth-order valence-electron chi connectivity index (χ4n) is 2.34. The number of halogens is 1. The van der Waals surface area contributed by atoms with Gasteiger partial charge >= 0.3 is 0 Å². The highest BCUT2D eigenvalue weighted by Gasteiger charge is 2.17. The van der Waals surface area contributed by atoms with Gasteiger partial charge < -0.3 is 14.8 Å². The first kappa shape index (κ1) is 17.6. The predicted octanol–water partition coefficient (Wildman–Crippen LogP) is 3.16. The zero-order chi connectivity index (χ0) is 18.0. The predicted molar refractivity (Wildman–Crippen MR) is 94.6 cm³/mol. The molecule has 0 aliphatic carbocycles. The fraction of sp³-hybridized carbons (Fsp3) is 0.235. The summed E-state index contributed by atoms with van der Waals surface area (Å²) < 4.78 is 34.4. The van der Waals surface area contributed by atoms with Crippen LogP contribution in [0.3, 0.4) is 0 Å². The summed E-state index contributed by atoms with van der Waals surface area (Å²) >= 11 is 6.20. The van der Waals surface area contributed by atoms with Gasteiger partial charge in [0.2, 0.25) is 0 Å². The second kappa shape index (κ2) is 6.93. The summed E-state index contributed by atoms with van der Waals surface area (Å²) in [6, 6.07) is 8.99. The Morgan fingerprint density at radius 3 is 2.48 bits per heavy atom. The monoisotopic (exact) mass is 381 g/mol. The van der Waals surface area contributed by atoms with Crippen molar-refractivity contribution >= 4 is 33.0 Å². The van der Waals surface area contributed by atoms with Crippen LogP contribution in [0.15, 0.2) is 41.3 Å². The Kier molecular flexibility index (Phi) is 4.87. The van der Waals surface area contributed by atoms with E-state index in [2.05, 4.69) is 5.32 Å². The Labute approximate surface area is 150 Å². The van der Waals surface area contributed by atoms with E-state index in [-0.39, 0.29) is 10.5 Å². The van der Waals surface area contributed by atoms with Crippen LogP contribution in [-0.4, -0.2) is 33.8 Å². The maximum atomic E-state index is 12.4. The van der Waals surface area contributed by atoms with Crippen LogP contribution < -0.4 is 14.8 Å². The number of hydrogen-bond donors (Lipinski definition) is 1. The van der Waals surface area contributed by atoms with Crippen LogP contribution in [0.1, 0.15) is 16.8 Å². The lowest BCUT2D eigenvalue weighted by molar-refractivity contribution is 0.102. The average Bonchev–Trinajstić information content (AvgIpc) is 2.79. The molecule has 1 heterocycles. The quantitative estimate of drug-likeness (QED) is 0.883. The van der Waals surface area contributed by atoms with E-state index in [1.807, 2.05) is 0 Å².